The number of piperidine rings is 1. The molecule has 1 aliphatic rings. The van der Waals surface area contributed by atoms with Gasteiger partial charge in [-0.15, -0.1) is 12.4 Å². The molecule has 2 heterocycles. The fraction of sp³-hybridized carbons (Fsp3) is 0.522. The smallest absolute Gasteiger partial charge is 0.326 e. The van der Waals surface area contributed by atoms with Crippen molar-refractivity contribution in [3.05, 3.63) is 36.0 Å². The van der Waals surface area contributed by atoms with Crippen molar-refractivity contribution >= 4 is 41.1 Å². The Kier molecular flexibility index (Phi) is 9.09. The van der Waals surface area contributed by atoms with Crippen molar-refractivity contribution in [3.63, 3.8) is 0 Å². The number of rotatable bonds is 8. The minimum absolute atomic E-state index is 0. The number of carboxylic acid groups (broad SMARTS) is 1. The summed E-state index contributed by atoms with van der Waals surface area (Å²) in [6.45, 7) is 4.73. The van der Waals surface area contributed by atoms with Crippen LogP contribution in [0.1, 0.15) is 38.7 Å². The lowest BCUT2D eigenvalue weighted by molar-refractivity contribution is -0.143. The number of nitrogens with two attached hydrogens (primary N) is 1. The van der Waals surface area contributed by atoms with Gasteiger partial charge in [0.2, 0.25) is 11.8 Å². The maximum Gasteiger partial charge on any atom is 0.326 e. The first-order valence-electron chi connectivity index (χ1n) is 10.9. The second-order valence-corrected chi connectivity index (χ2v) is 8.80. The van der Waals surface area contributed by atoms with E-state index in [2.05, 4.69) is 10.3 Å². The summed E-state index contributed by atoms with van der Waals surface area (Å²) in [5.41, 5.74) is 8.25. The molecular formula is C23H33ClN4O4. The van der Waals surface area contributed by atoms with Crippen molar-refractivity contribution in [2.45, 2.75) is 51.6 Å². The van der Waals surface area contributed by atoms with E-state index in [1.807, 2.05) is 44.3 Å². The first-order chi connectivity index (χ1) is 14.8. The van der Waals surface area contributed by atoms with Gasteiger partial charge in [-0.05, 0) is 43.2 Å². The number of halogens is 1. The molecule has 32 heavy (non-hydrogen) atoms. The van der Waals surface area contributed by atoms with Gasteiger partial charge in [-0.25, -0.2) is 4.79 Å². The molecule has 8 nitrogen and oxygen atoms in total. The second kappa shape index (κ2) is 11.3. The SMILES string of the molecule is CC(C)CC(NC(=O)C1CCN(C(=O)C(N)Cc2c[nH]c3ccccc23)CC1)C(=O)O.Cl. The van der Waals surface area contributed by atoms with E-state index in [4.69, 9.17) is 5.73 Å². The van der Waals surface area contributed by atoms with Crippen molar-refractivity contribution in [2.24, 2.45) is 17.6 Å². The highest BCUT2D eigenvalue weighted by atomic mass is 35.5. The monoisotopic (exact) mass is 464 g/mol. The first kappa shape index (κ1) is 25.7. The van der Waals surface area contributed by atoms with E-state index in [1.54, 1.807) is 4.90 Å². The van der Waals surface area contributed by atoms with Gasteiger partial charge < -0.3 is 26.0 Å². The number of amides is 2. The molecule has 9 heteroatoms. The topological polar surface area (TPSA) is 129 Å². The van der Waals surface area contributed by atoms with Crippen molar-refractivity contribution < 1.29 is 19.5 Å². The minimum Gasteiger partial charge on any atom is -0.480 e. The van der Waals surface area contributed by atoms with Gasteiger partial charge in [0.1, 0.15) is 6.04 Å². The lowest BCUT2D eigenvalue weighted by atomic mass is 9.94. The molecule has 5 N–H and O–H groups in total. The van der Waals surface area contributed by atoms with Gasteiger partial charge in [-0.3, -0.25) is 9.59 Å². The second-order valence-electron chi connectivity index (χ2n) is 8.80. The number of aromatic amines is 1. The van der Waals surface area contributed by atoms with Crippen LogP contribution in [0.2, 0.25) is 0 Å². The zero-order chi connectivity index (χ0) is 22.5. The number of H-pyrrole nitrogens is 1. The molecule has 1 aliphatic heterocycles. The van der Waals surface area contributed by atoms with E-state index in [0.29, 0.717) is 38.8 Å². The number of carbonyl (C=O) groups excluding carboxylic acids is 2. The van der Waals surface area contributed by atoms with Crippen LogP contribution in [-0.2, 0) is 20.8 Å². The highest BCUT2D eigenvalue weighted by Gasteiger charge is 2.31. The highest BCUT2D eigenvalue weighted by molar-refractivity contribution is 5.87. The van der Waals surface area contributed by atoms with Gasteiger partial charge in [-0.1, -0.05) is 32.0 Å². The number of hydrogen-bond donors (Lipinski definition) is 4. The number of carboxylic acids is 1. The largest absolute Gasteiger partial charge is 0.480 e. The Morgan fingerprint density at radius 1 is 1.22 bits per heavy atom. The summed E-state index contributed by atoms with van der Waals surface area (Å²) in [6.07, 6.45) is 3.74. The van der Waals surface area contributed by atoms with Crippen LogP contribution in [0.15, 0.2) is 30.5 Å². The molecule has 0 spiro atoms. The molecule has 0 radical (unpaired) electrons. The summed E-state index contributed by atoms with van der Waals surface area (Å²) in [5.74, 6) is -1.50. The number of nitrogens with one attached hydrogen (secondary N) is 2. The van der Waals surface area contributed by atoms with Crippen molar-refractivity contribution in [1.29, 1.82) is 0 Å². The van der Waals surface area contributed by atoms with Crippen LogP contribution in [0.5, 0.6) is 0 Å². The zero-order valence-electron chi connectivity index (χ0n) is 18.5. The highest BCUT2D eigenvalue weighted by Crippen LogP contribution is 2.21. The quantitative estimate of drug-likeness (QED) is 0.476. The Morgan fingerprint density at radius 2 is 1.88 bits per heavy atom. The Morgan fingerprint density at radius 3 is 2.50 bits per heavy atom. The number of likely N-dealkylation sites (tertiary alicyclic amines) is 1. The lowest BCUT2D eigenvalue weighted by Gasteiger charge is -2.33. The van der Waals surface area contributed by atoms with E-state index < -0.39 is 18.1 Å². The molecule has 0 bridgehead atoms. The normalized spacial score (nSPS) is 16.4. The summed E-state index contributed by atoms with van der Waals surface area (Å²) < 4.78 is 0. The predicted octanol–water partition coefficient (Wildman–Crippen LogP) is 2.31. The van der Waals surface area contributed by atoms with E-state index in [0.717, 1.165) is 16.5 Å². The number of benzene rings is 1. The number of aliphatic carboxylic acids is 1. The van der Waals surface area contributed by atoms with Crippen LogP contribution in [0, 0.1) is 11.8 Å². The summed E-state index contributed by atoms with van der Waals surface area (Å²) in [4.78, 5) is 41.7. The summed E-state index contributed by atoms with van der Waals surface area (Å²) >= 11 is 0. The molecule has 2 aromatic rings. The molecular weight excluding hydrogens is 432 g/mol. The van der Waals surface area contributed by atoms with Crippen LogP contribution in [0.25, 0.3) is 10.9 Å². The van der Waals surface area contributed by atoms with Crippen LogP contribution in [0.3, 0.4) is 0 Å². The Hall–Kier alpha value is -2.58. The number of aromatic nitrogens is 1. The molecule has 2 unspecified atom stereocenters. The number of hydrogen-bond acceptors (Lipinski definition) is 4. The van der Waals surface area contributed by atoms with Crippen molar-refractivity contribution in [2.75, 3.05) is 13.1 Å². The van der Waals surface area contributed by atoms with Crippen LogP contribution in [-0.4, -0.2) is 57.9 Å². The lowest BCUT2D eigenvalue weighted by Crippen LogP contribution is -2.51. The molecule has 0 aliphatic carbocycles. The molecule has 2 amide bonds. The molecule has 1 saturated heterocycles. The van der Waals surface area contributed by atoms with Gasteiger partial charge in [0.05, 0.1) is 6.04 Å². The van der Waals surface area contributed by atoms with E-state index in [9.17, 15) is 19.5 Å². The number of carbonyl (C=O) groups is 3. The third-order valence-corrected chi connectivity index (χ3v) is 5.93. The first-order valence-corrected chi connectivity index (χ1v) is 10.9. The molecule has 0 saturated carbocycles. The average Bonchev–Trinajstić information content (AvgIpc) is 3.15. The molecule has 3 rings (SSSR count). The van der Waals surface area contributed by atoms with Gasteiger partial charge in [0.25, 0.3) is 0 Å². The molecule has 2 atom stereocenters. The van der Waals surface area contributed by atoms with Gasteiger partial charge in [-0.2, -0.15) is 0 Å². The summed E-state index contributed by atoms with van der Waals surface area (Å²) in [5, 5.41) is 13.1. The number of nitrogens with zero attached hydrogens (tertiary/aromatic N) is 1. The van der Waals surface area contributed by atoms with E-state index in [-0.39, 0.29) is 36.1 Å². The third kappa shape index (κ3) is 6.23. The molecule has 1 fully saturated rings. The summed E-state index contributed by atoms with van der Waals surface area (Å²) in [6, 6.07) is 6.38. The molecule has 176 valence electrons. The maximum atomic E-state index is 12.8. The fourth-order valence-electron chi connectivity index (χ4n) is 4.20. The van der Waals surface area contributed by atoms with Gasteiger partial charge in [0.15, 0.2) is 0 Å². The summed E-state index contributed by atoms with van der Waals surface area (Å²) in [7, 11) is 0. The zero-order valence-corrected chi connectivity index (χ0v) is 19.4. The number of para-hydroxylation sites is 1. The van der Waals surface area contributed by atoms with Crippen LogP contribution in [0.4, 0.5) is 0 Å². The third-order valence-electron chi connectivity index (χ3n) is 5.93. The van der Waals surface area contributed by atoms with Crippen LogP contribution >= 0.6 is 12.4 Å². The van der Waals surface area contributed by atoms with Gasteiger partial charge >= 0.3 is 5.97 Å². The van der Waals surface area contributed by atoms with E-state index >= 15 is 0 Å². The number of fused-ring (bicyclic) bond motifs is 1. The molecule has 1 aromatic carbocycles. The minimum atomic E-state index is -1.02. The predicted molar refractivity (Wildman–Crippen MR) is 126 cm³/mol. The Balaban J connectivity index is 0.00000363. The van der Waals surface area contributed by atoms with Crippen molar-refractivity contribution in [3.8, 4) is 0 Å². The average molecular weight is 465 g/mol. The maximum absolute atomic E-state index is 12.8. The van der Waals surface area contributed by atoms with Crippen LogP contribution < -0.4 is 11.1 Å². The van der Waals surface area contributed by atoms with Crippen molar-refractivity contribution in [1.82, 2.24) is 15.2 Å². The Labute approximate surface area is 194 Å². The van der Waals surface area contributed by atoms with E-state index in [1.165, 1.54) is 0 Å². The fourth-order valence-corrected chi connectivity index (χ4v) is 4.20. The Bertz CT molecular complexity index is 937. The molecule has 1 aromatic heterocycles. The van der Waals surface area contributed by atoms with Gasteiger partial charge in [0, 0.05) is 36.1 Å². The standard InChI is InChI=1S/C23H32N4O4.ClH/c1-14(2)11-20(23(30)31)26-21(28)15-7-9-27(10-8-15)22(29)18(24)12-16-13-25-19-6-4-3-5-17(16)19;/h3-6,13-15,18,20,25H,7-12,24H2,1-2H3,(H,26,28)(H,30,31);1H.